The van der Waals surface area contributed by atoms with Crippen molar-refractivity contribution in [2.24, 2.45) is 4.99 Å². The fourth-order valence-electron chi connectivity index (χ4n) is 5.97. The van der Waals surface area contributed by atoms with Gasteiger partial charge in [-0.2, -0.15) is 0 Å². The molecule has 0 fully saturated rings. The summed E-state index contributed by atoms with van der Waals surface area (Å²) in [4.78, 5) is 8.64. The van der Waals surface area contributed by atoms with Crippen LogP contribution >= 0.6 is 39.1 Å². The molecule has 2 unspecified atom stereocenters. The van der Waals surface area contributed by atoms with E-state index in [9.17, 15) is 0 Å². The van der Waals surface area contributed by atoms with Gasteiger partial charge in [0.15, 0.2) is 0 Å². The third-order valence-corrected chi connectivity index (χ3v) is 10.6. The maximum absolute atomic E-state index is 6.48. The maximum Gasteiger partial charge on any atom is 0.100 e. The van der Waals surface area contributed by atoms with Crippen LogP contribution in [-0.4, -0.2) is 15.8 Å². The lowest BCUT2D eigenvalue weighted by molar-refractivity contribution is 0.574. The first kappa shape index (κ1) is 38.2. The Bertz CT molecular complexity index is 2260. The van der Waals surface area contributed by atoms with Crippen molar-refractivity contribution in [1.82, 2.24) is 20.2 Å². The summed E-state index contributed by atoms with van der Waals surface area (Å²) < 4.78 is 2.98. The molecule has 6 aromatic carbocycles. The molecule has 1 aliphatic heterocycles. The van der Waals surface area contributed by atoms with Crippen LogP contribution in [0.25, 0.3) is 16.7 Å². The number of hydrogen-bond acceptors (Lipinski definition) is 4. The van der Waals surface area contributed by atoms with Gasteiger partial charge in [0.2, 0.25) is 0 Å². The zero-order chi connectivity index (χ0) is 37.0. The fourth-order valence-corrected chi connectivity index (χ4v) is 6.72. The average molecular weight is 804 g/mol. The van der Waals surface area contributed by atoms with Gasteiger partial charge in [0.05, 0.1) is 32.5 Å². The largest absolute Gasteiger partial charge is 0.306 e. The lowest BCUT2D eigenvalue weighted by Gasteiger charge is -2.15. The molecule has 0 spiro atoms. The number of para-hydroxylation sites is 3. The molecule has 1 aromatic heterocycles. The lowest BCUT2D eigenvalue weighted by atomic mass is 10.1. The quantitative estimate of drug-likeness (QED) is 0.153. The molecule has 0 amide bonds. The van der Waals surface area contributed by atoms with Gasteiger partial charge < -0.3 is 10.6 Å². The number of nitrogens with one attached hydrogen (secondary N) is 2. The van der Waals surface area contributed by atoms with Gasteiger partial charge in [-0.1, -0.05) is 126 Å². The number of benzene rings is 6. The van der Waals surface area contributed by atoms with Crippen molar-refractivity contribution >= 4 is 62.1 Å². The Kier molecular flexibility index (Phi) is 13.7. The van der Waals surface area contributed by atoms with Crippen molar-refractivity contribution in [3.63, 3.8) is 0 Å². The van der Waals surface area contributed by atoms with Crippen LogP contribution in [-0.2, 0) is 19.5 Å². The smallest absolute Gasteiger partial charge is 0.100 e. The van der Waals surface area contributed by atoms with Gasteiger partial charge in [-0.15, -0.1) is 0 Å². The van der Waals surface area contributed by atoms with Crippen LogP contribution in [0.1, 0.15) is 53.7 Å². The number of aromatic nitrogens is 2. The topological polar surface area (TPSA) is 54.2 Å². The van der Waals surface area contributed by atoms with Gasteiger partial charge in [0.25, 0.3) is 0 Å². The predicted molar refractivity (Wildman–Crippen MR) is 227 cm³/mol. The van der Waals surface area contributed by atoms with Gasteiger partial charge in [0.1, 0.15) is 6.33 Å². The highest BCUT2D eigenvalue weighted by molar-refractivity contribution is 9.10. The van der Waals surface area contributed by atoms with E-state index in [0.717, 1.165) is 51.4 Å². The molecule has 7 aromatic rings. The van der Waals surface area contributed by atoms with E-state index in [0.29, 0.717) is 11.1 Å². The van der Waals surface area contributed by atoms with E-state index >= 15 is 0 Å². The van der Waals surface area contributed by atoms with Crippen LogP contribution in [0.15, 0.2) is 161 Å². The minimum Gasteiger partial charge on any atom is -0.306 e. The second-order valence-corrected chi connectivity index (χ2v) is 14.5. The number of aliphatic imine (C=N–C) groups is 1. The molecule has 0 bridgehead atoms. The second-order valence-electron chi connectivity index (χ2n) is 12.8. The van der Waals surface area contributed by atoms with E-state index in [1.807, 2.05) is 89.9 Å². The average Bonchev–Trinajstić information content (AvgIpc) is 3.87. The third kappa shape index (κ3) is 10.5. The summed E-state index contributed by atoms with van der Waals surface area (Å²) in [6, 6.07) is 49.9. The van der Waals surface area contributed by atoms with Crippen molar-refractivity contribution in [2.75, 3.05) is 0 Å². The molecule has 2 N–H and O–H groups in total. The van der Waals surface area contributed by atoms with Crippen LogP contribution in [0.3, 0.4) is 0 Å². The molecule has 53 heavy (non-hydrogen) atoms. The Morgan fingerprint density at radius 1 is 0.660 bits per heavy atom. The molecule has 0 radical (unpaired) electrons. The van der Waals surface area contributed by atoms with Crippen LogP contribution in [0.4, 0.5) is 5.69 Å². The van der Waals surface area contributed by atoms with Gasteiger partial charge in [-0.3, -0.25) is 9.56 Å². The summed E-state index contributed by atoms with van der Waals surface area (Å²) in [5.74, 6) is 0. The highest BCUT2D eigenvalue weighted by Crippen LogP contribution is 2.27. The van der Waals surface area contributed by atoms with Crippen molar-refractivity contribution < 1.29 is 0 Å². The monoisotopic (exact) mass is 801 g/mol. The van der Waals surface area contributed by atoms with Crippen LogP contribution in [0, 0.1) is 0 Å². The highest BCUT2D eigenvalue weighted by Gasteiger charge is 2.10. The number of imidazole rings is 1. The molecule has 0 saturated heterocycles. The number of hydrogen-bond donors (Lipinski definition) is 2. The molecular formula is C45H42BrCl2N5. The predicted octanol–water partition coefficient (Wildman–Crippen LogP) is 12.4. The molecule has 5 nitrogen and oxygen atoms in total. The Balaban J connectivity index is 0.000000153. The van der Waals surface area contributed by atoms with Gasteiger partial charge in [-0.05, 0) is 100 Å². The SMILES string of the molecule is C1=Nc2ccccc2C1.CC(NCc1ccc(Cl)c(-n2cnc3ccccc32)c1)c1ccccc1.CC(NCc1ccc(Cl)c(Br)c1)c1ccccc1. The Hall–Kier alpha value is -4.56. The molecule has 8 heteroatoms. The van der Waals surface area contributed by atoms with Gasteiger partial charge in [0, 0.05) is 42.3 Å². The summed E-state index contributed by atoms with van der Waals surface area (Å²) in [6.07, 6.45) is 4.79. The molecule has 268 valence electrons. The Morgan fingerprint density at radius 3 is 1.87 bits per heavy atom. The highest BCUT2D eigenvalue weighted by atomic mass is 79.9. The second kappa shape index (κ2) is 19.0. The fraction of sp³-hybridized carbons (Fsp3) is 0.156. The molecule has 2 heterocycles. The minimum absolute atomic E-state index is 0.282. The van der Waals surface area contributed by atoms with E-state index in [1.54, 1.807) is 0 Å². The first-order chi connectivity index (χ1) is 25.9. The molecule has 1 aliphatic rings. The zero-order valence-electron chi connectivity index (χ0n) is 29.8. The molecule has 0 saturated carbocycles. The third-order valence-electron chi connectivity index (χ3n) is 9.06. The normalized spacial score (nSPS) is 12.6. The molecule has 2 atom stereocenters. The summed E-state index contributed by atoms with van der Waals surface area (Å²) in [7, 11) is 0. The van der Waals surface area contributed by atoms with Crippen molar-refractivity contribution in [3.8, 4) is 5.69 Å². The number of halogens is 3. The Morgan fingerprint density at radius 2 is 1.23 bits per heavy atom. The standard InChI is InChI=1S/C22H20ClN3.C15H15BrClN.C8H7N/c1-16(18-7-3-2-4-8-18)24-14-17-11-12-19(23)22(13-17)26-15-25-20-9-5-6-10-21(20)26;1-11(13-5-3-2-4-6-13)18-10-12-7-8-15(17)14(16)9-12;1-2-4-8-7(3-1)5-6-9-8/h2-13,15-16,24H,14H2,1H3;2-9,11,18H,10H2,1H3;1-4,6H,5H2. The summed E-state index contributed by atoms with van der Waals surface area (Å²) in [6.45, 7) is 5.94. The van der Waals surface area contributed by atoms with Gasteiger partial charge >= 0.3 is 0 Å². The summed E-state index contributed by atoms with van der Waals surface area (Å²) in [5, 5.41) is 8.54. The Labute approximate surface area is 330 Å². The molecular weight excluding hydrogens is 761 g/mol. The minimum atomic E-state index is 0.282. The maximum atomic E-state index is 6.48. The van der Waals surface area contributed by atoms with Crippen molar-refractivity contribution in [1.29, 1.82) is 0 Å². The molecule has 8 rings (SSSR count). The summed E-state index contributed by atoms with van der Waals surface area (Å²) >= 11 is 15.9. The van der Waals surface area contributed by atoms with Crippen molar-refractivity contribution in [3.05, 3.63) is 194 Å². The van der Waals surface area contributed by atoms with Crippen molar-refractivity contribution in [2.45, 2.75) is 45.4 Å². The number of rotatable bonds is 9. The molecule has 0 aliphatic carbocycles. The van der Waals surface area contributed by atoms with E-state index in [1.165, 1.54) is 27.8 Å². The first-order valence-electron chi connectivity index (χ1n) is 17.7. The van der Waals surface area contributed by atoms with E-state index in [-0.39, 0.29) is 6.04 Å². The number of fused-ring (bicyclic) bond motifs is 2. The first-order valence-corrected chi connectivity index (χ1v) is 19.2. The van der Waals surface area contributed by atoms with Crippen LogP contribution in [0.2, 0.25) is 10.0 Å². The number of nitrogens with zero attached hydrogens (tertiary/aromatic N) is 3. The van der Waals surface area contributed by atoms with Crippen LogP contribution < -0.4 is 10.6 Å². The summed E-state index contributed by atoms with van der Waals surface area (Å²) in [5.41, 5.74) is 10.4. The van der Waals surface area contributed by atoms with E-state index in [2.05, 4.69) is 123 Å². The van der Waals surface area contributed by atoms with Crippen LogP contribution in [0.5, 0.6) is 0 Å². The van der Waals surface area contributed by atoms with E-state index < -0.39 is 0 Å². The lowest BCUT2D eigenvalue weighted by Crippen LogP contribution is -2.18. The van der Waals surface area contributed by atoms with E-state index in [4.69, 9.17) is 23.2 Å². The zero-order valence-corrected chi connectivity index (χ0v) is 32.9. The van der Waals surface area contributed by atoms with Gasteiger partial charge in [-0.25, -0.2) is 4.98 Å².